The van der Waals surface area contributed by atoms with Crippen LogP contribution in [-0.4, -0.2) is 16.2 Å². The van der Waals surface area contributed by atoms with Crippen LogP contribution < -0.4 is 4.74 Å². The molecule has 1 aromatic heterocycles. The Morgan fingerprint density at radius 2 is 1.86 bits per heavy atom. The average molecular weight is 331 g/mol. The molecular weight excluding hydrogens is 316 g/mol. The zero-order valence-corrected chi connectivity index (χ0v) is 13.6. The van der Waals surface area contributed by atoms with Crippen molar-refractivity contribution in [3.63, 3.8) is 0 Å². The highest BCUT2D eigenvalue weighted by molar-refractivity contribution is 7.71. The summed E-state index contributed by atoms with van der Waals surface area (Å²) in [4.78, 5) is 3.22. The van der Waals surface area contributed by atoms with Crippen molar-refractivity contribution >= 4 is 23.8 Å². The predicted molar refractivity (Wildman–Crippen MR) is 92.6 cm³/mol. The van der Waals surface area contributed by atoms with Gasteiger partial charge in [-0.05, 0) is 61.1 Å². The van der Waals surface area contributed by atoms with E-state index < -0.39 is 0 Å². The molecule has 5 heteroatoms. The lowest BCUT2D eigenvalue weighted by Crippen LogP contribution is -1.92. The molecule has 0 saturated heterocycles. The van der Waals surface area contributed by atoms with Crippen LogP contribution >= 0.6 is 23.8 Å². The van der Waals surface area contributed by atoms with Gasteiger partial charge in [0, 0.05) is 6.20 Å². The third-order valence-corrected chi connectivity index (χ3v) is 3.93. The molecule has 0 atom stereocenters. The van der Waals surface area contributed by atoms with Crippen molar-refractivity contribution in [3.05, 3.63) is 64.5 Å². The first-order valence-corrected chi connectivity index (χ1v) is 7.77. The number of benzene rings is 2. The summed E-state index contributed by atoms with van der Waals surface area (Å²) < 4.78 is 7.94. The van der Waals surface area contributed by atoms with Crippen LogP contribution in [0.1, 0.15) is 6.92 Å². The van der Waals surface area contributed by atoms with Crippen LogP contribution in [0.4, 0.5) is 0 Å². The van der Waals surface area contributed by atoms with Crippen molar-refractivity contribution in [2.75, 3.05) is 6.61 Å². The topological polar surface area (TPSA) is 29.9 Å². The molecule has 1 heterocycles. The largest absolute Gasteiger partial charge is 0.494 e. The number of para-hydroxylation sites is 1. The number of H-pyrrole nitrogens is 1. The van der Waals surface area contributed by atoms with E-state index in [9.17, 15) is 0 Å². The maximum Gasteiger partial charge on any atom is 0.182 e. The number of hydrogen-bond acceptors (Lipinski definition) is 2. The number of imidazole rings is 1. The van der Waals surface area contributed by atoms with Crippen molar-refractivity contribution < 1.29 is 4.74 Å². The molecule has 0 radical (unpaired) electrons. The number of hydrogen-bond donors (Lipinski definition) is 1. The van der Waals surface area contributed by atoms with Gasteiger partial charge in [0.1, 0.15) is 5.75 Å². The number of ether oxygens (including phenoxy) is 1. The first-order valence-electron chi connectivity index (χ1n) is 6.99. The molecule has 3 nitrogen and oxygen atoms in total. The molecule has 0 amide bonds. The zero-order valence-electron chi connectivity index (χ0n) is 12.0. The van der Waals surface area contributed by atoms with Crippen LogP contribution in [0.5, 0.6) is 5.75 Å². The van der Waals surface area contributed by atoms with E-state index in [1.165, 1.54) is 0 Å². The Hall–Kier alpha value is -2.04. The summed E-state index contributed by atoms with van der Waals surface area (Å²) in [5, 5.41) is 0.663. The molecule has 0 bridgehead atoms. The zero-order chi connectivity index (χ0) is 15.5. The first-order chi connectivity index (χ1) is 10.7. The lowest BCUT2D eigenvalue weighted by atomic mass is 10.1. The summed E-state index contributed by atoms with van der Waals surface area (Å²) in [7, 11) is 0. The molecule has 3 aromatic rings. The van der Waals surface area contributed by atoms with Crippen LogP contribution in [0.2, 0.25) is 5.02 Å². The minimum Gasteiger partial charge on any atom is -0.494 e. The summed E-state index contributed by atoms with van der Waals surface area (Å²) >= 11 is 11.6. The molecule has 0 aliphatic carbocycles. The second-order valence-corrected chi connectivity index (χ2v) is 5.55. The summed E-state index contributed by atoms with van der Waals surface area (Å²) in [6, 6.07) is 15.5. The third kappa shape index (κ3) is 2.93. The number of nitrogens with zero attached hydrogens (tertiary/aromatic N) is 1. The van der Waals surface area contributed by atoms with Gasteiger partial charge in [0.15, 0.2) is 4.77 Å². The van der Waals surface area contributed by atoms with Crippen LogP contribution in [0, 0.1) is 4.77 Å². The fourth-order valence-electron chi connectivity index (χ4n) is 2.27. The second-order valence-electron chi connectivity index (χ2n) is 4.75. The first kappa shape index (κ1) is 14.9. The minimum atomic E-state index is 0.608. The number of rotatable bonds is 4. The third-order valence-electron chi connectivity index (χ3n) is 3.31. The lowest BCUT2D eigenvalue weighted by molar-refractivity contribution is 0.340. The van der Waals surface area contributed by atoms with Gasteiger partial charge in [0.25, 0.3) is 0 Å². The van der Waals surface area contributed by atoms with E-state index in [1.807, 2.05) is 66.2 Å². The van der Waals surface area contributed by atoms with Gasteiger partial charge in [-0.25, -0.2) is 0 Å². The molecule has 0 aliphatic heterocycles. The Bertz CT molecular complexity index is 836. The molecule has 0 fully saturated rings. The quantitative estimate of drug-likeness (QED) is 0.662. The second kappa shape index (κ2) is 6.38. The van der Waals surface area contributed by atoms with E-state index in [1.54, 1.807) is 0 Å². The predicted octanol–water partition coefficient (Wildman–Crippen LogP) is 5.25. The minimum absolute atomic E-state index is 0.608. The smallest absolute Gasteiger partial charge is 0.182 e. The molecule has 3 rings (SSSR count). The van der Waals surface area contributed by atoms with Crippen molar-refractivity contribution in [1.29, 1.82) is 0 Å². The standard InChI is InChI=1S/C17H15ClN2OS/c1-2-21-13-9-7-12(8-10-13)15-11-20(17(22)19-15)16-6-4-3-5-14(16)18/h3-11H,2H2,1H3,(H,19,22). The Labute approximate surface area is 139 Å². The molecule has 0 saturated carbocycles. The highest BCUT2D eigenvalue weighted by Crippen LogP contribution is 2.25. The highest BCUT2D eigenvalue weighted by Gasteiger charge is 2.07. The van der Waals surface area contributed by atoms with E-state index >= 15 is 0 Å². The van der Waals surface area contributed by atoms with Crippen LogP contribution in [0.3, 0.4) is 0 Å². The van der Waals surface area contributed by atoms with Crippen LogP contribution in [-0.2, 0) is 0 Å². The average Bonchev–Trinajstić information content (AvgIpc) is 2.91. The number of aromatic amines is 1. The Kier molecular flexibility index (Phi) is 4.32. The van der Waals surface area contributed by atoms with E-state index in [0.717, 1.165) is 22.7 Å². The fourth-order valence-corrected chi connectivity index (χ4v) is 2.75. The molecule has 112 valence electrons. The maximum atomic E-state index is 6.24. The Morgan fingerprint density at radius 1 is 1.14 bits per heavy atom. The molecular formula is C17H15ClN2OS. The monoisotopic (exact) mass is 330 g/mol. The van der Waals surface area contributed by atoms with Gasteiger partial charge < -0.3 is 9.72 Å². The van der Waals surface area contributed by atoms with E-state index in [-0.39, 0.29) is 0 Å². The van der Waals surface area contributed by atoms with Gasteiger partial charge in [-0.1, -0.05) is 23.7 Å². The normalized spacial score (nSPS) is 10.6. The maximum absolute atomic E-state index is 6.24. The van der Waals surface area contributed by atoms with Crippen molar-refractivity contribution in [1.82, 2.24) is 9.55 Å². The van der Waals surface area contributed by atoms with Gasteiger partial charge in [-0.15, -0.1) is 0 Å². The van der Waals surface area contributed by atoms with E-state index in [0.29, 0.717) is 16.4 Å². The van der Waals surface area contributed by atoms with Gasteiger partial charge in [-0.2, -0.15) is 0 Å². The van der Waals surface area contributed by atoms with Crippen molar-refractivity contribution in [2.24, 2.45) is 0 Å². The van der Waals surface area contributed by atoms with Crippen LogP contribution in [0.25, 0.3) is 16.9 Å². The molecule has 2 aromatic carbocycles. The highest BCUT2D eigenvalue weighted by atomic mass is 35.5. The number of halogens is 1. The Balaban J connectivity index is 1.99. The summed E-state index contributed by atoms with van der Waals surface area (Å²) in [6.07, 6.45) is 1.96. The van der Waals surface area contributed by atoms with E-state index in [2.05, 4.69) is 4.98 Å². The summed E-state index contributed by atoms with van der Waals surface area (Å²) in [5.41, 5.74) is 2.84. The van der Waals surface area contributed by atoms with Gasteiger partial charge >= 0.3 is 0 Å². The van der Waals surface area contributed by atoms with Crippen molar-refractivity contribution in [2.45, 2.75) is 6.92 Å². The van der Waals surface area contributed by atoms with Gasteiger partial charge in [-0.3, -0.25) is 4.57 Å². The molecule has 0 spiro atoms. The number of aromatic nitrogens is 2. The summed E-state index contributed by atoms with van der Waals surface area (Å²) in [5.74, 6) is 0.857. The summed E-state index contributed by atoms with van der Waals surface area (Å²) in [6.45, 7) is 2.62. The molecule has 1 N–H and O–H groups in total. The lowest BCUT2D eigenvalue weighted by Gasteiger charge is -2.04. The van der Waals surface area contributed by atoms with Gasteiger partial charge in [0.2, 0.25) is 0 Å². The van der Waals surface area contributed by atoms with Crippen molar-refractivity contribution in [3.8, 4) is 22.7 Å². The van der Waals surface area contributed by atoms with E-state index in [4.69, 9.17) is 28.6 Å². The Morgan fingerprint density at radius 3 is 2.55 bits per heavy atom. The molecule has 22 heavy (non-hydrogen) atoms. The molecule has 0 unspecified atom stereocenters. The molecule has 0 aliphatic rings. The SMILES string of the molecule is CCOc1ccc(-c2cn(-c3ccccc3Cl)c(=S)[nH]2)cc1. The fraction of sp³-hybridized carbons (Fsp3) is 0.118. The number of nitrogens with one attached hydrogen (secondary N) is 1. The van der Waals surface area contributed by atoms with Crippen LogP contribution in [0.15, 0.2) is 54.7 Å². The van der Waals surface area contributed by atoms with Gasteiger partial charge in [0.05, 0.1) is 23.0 Å².